The predicted octanol–water partition coefficient (Wildman–Crippen LogP) is 3.08. The third-order valence-corrected chi connectivity index (χ3v) is 3.82. The lowest BCUT2D eigenvalue weighted by Crippen LogP contribution is -2.66. The van der Waals surface area contributed by atoms with Crippen molar-refractivity contribution in [1.29, 1.82) is 0 Å². The molecule has 1 aliphatic heterocycles. The Morgan fingerprint density at radius 2 is 1.94 bits per heavy atom. The van der Waals surface area contributed by atoms with Crippen LogP contribution in [0, 0.1) is 5.41 Å². The minimum Gasteiger partial charge on any atom is -0.355 e. The zero-order chi connectivity index (χ0) is 11.4. The van der Waals surface area contributed by atoms with Crippen molar-refractivity contribution in [3.63, 3.8) is 0 Å². The van der Waals surface area contributed by atoms with Gasteiger partial charge in [0, 0.05) is 42.0 Å². The first-order valence-electron chi connectivity index (χ1n) is 5.23. The summed E-state index contributed by atoms with van der Waals surface area (Å²) in [4.78, 5) is 6.31. The van der Waals surface area contributed by atoms with Crippen LogP contribution < -0.4 is 4.90 Å². The second-order valence-corrected chi connectivity index (χ2v) is 5.82. The van der Waals surface area contributed by atoms with E-state index in [2.05, 4.69) is 25.8 Å². The summed E-state index contributed by atoms with van der Waals surface area (Å²) in [6, 6.07) is 3.83. The van der Waals surface area contributed by atoms with Crippen LogP contribution in [0.3, 0.4) is 0 Å². The van der Waals surface area contributed by atoms with Crippen molar-refractivity contribution in [3.8, 4) is 0 Å². The molecule has 86 valence electrons. The number of pyridine rings is 1. The molecule has 0 amide bonds. The number of hydrogen-bond donors (Lipinski definition) is 0. The Morgan fingerprint density at radius 1 is 1.25 bits per heavy atom. The van der Waals surface area contributed by atoms with E-state index >= 15 is 0 Å². The highest BCUT2D eigenvalue weighted by Crippen LogP contribution is 2.57. The smallest absolute Gasteiger partial charge is 0.249 e. The molecule has 2 aliphatic rings. The summed E-state index contributed by atoms with van der Waals surface area (Å²) in [6.07, 6.45) is 1.83. The maximum atomic E-state index is 12.8. The summed E-state index contributed by atoms with van der Waals surface area (Å²) in [5.41, 5.74) is -0.127. The van der Waals surface area contributed by atoms with Gasteiger partial charge in [-0.05, 0) is 28.1 Å². The highest BCUT2D eigenvalue weighted by Gasteiger charge is 2.61. The maximum absolute atomic E-state index is 12.8. The lowest BCUT2D eigenvalue weighted by Gasteiger charge is -2.59. The molecule has 1 saturated heterocycles. The molecule has 0 unspecified atom stereocenters. The molecule has 1 aliphatic carbocycles. The fourth-order valence-corrected chi connectivity index (χ4v) is 2.98. The molecule has 1 saturated carbocycles. The van der Waals surface area contributed by atoms with Crippen molar-refractivity contribution < 1.29 is 8.78 Å². The number of nitrogens with zero attached hydrogens (tertiary/aromatic N) is 2. The number of rotatable bonds is 1. The Kier molecular flexibility index (Phi) is 2.06. The molecule has 2 nitrogen and oxygen atoms in total. The summed E-state index contributed by atoms with van der Waals surface area (Å²) >= 11 is 3.32. The van der Waals surface area contributed by atoms with Crippen molar-refractivity contribution in [3.05, 3.63) is 22.8 Å². The van der Waals surface area contributed by atoms with Crippen LogP contribution in [0.4, 0.5) is 14.6 Å². The predicted molar refractivity (Wildman–Crippen MR) is 60.8 cm³/mol. The molecule has 16 heavy (non-hydrogen) atoms. The van der Waals surface area contributed by atoms with Gasteiger partial charge in [-0.3, -0.25) is 0 Å². The minimum atomic E-state index is -2.42. The number of alkyl halides is 2. The van der Waals surface area contributed by atoms with E-state index in [1.165, 1.54) is 0 Å². The fraction of sp³-hybridized carbons (Fsp3) is 0.545. The van der Waals surface area contributed by atoms with Crippen LogP contribution in [-0.4, -0.2) is 24.0 Å². The third kappa shape index (κ3) is 1.61. The molecule has 1 aromatic heterocycles. The lowest BCUT2D eigenvalue weighted by molar-refractivity contribution is -0.170. The van der Waals surface area contributed by atoms with Gasteiger partial charge in [0.25, 0.3) is 0 Å². The Balaban J connectivity index is 1.64. The average Bonchev–Trinajstić information content (AvgIpc) is 2.11. The molecule has 5 heteroatoms. The van der Waals surface area contributed by atoms with Crippen molar-refractivity contribution in [2.75, 3.05) is 18.0 Å². The number of hydrogen-bond acceptors (Lipinski definition) is 2. The van der Waals surface area contributed by atoms with Gasteiger partial charge in [-0.15, -0.1) is 0 Å². The van der Waals surface area contributed by atoms with Gasteiger partial charge < -0.3 is 4.90 Å². The molecule has 0 aromatic carbocycles. The quantitative estimate of drug-likeness (QED) is 0.790. The molecule has 2 heterocycles. The van der Waals surface area contributed by atoms with E-state index in [0.717, 1.165) is 23.4 Å². The van der Waals surface area contributed by atoms with Crippen LogP contribution in [0.2, 0.25) is 0 Å². The Hall–Kier alpha value is -0.710. The Morgan fingerprint density at radius 3 is 2.44 bits per heavy atom. The van der Waals surface area contributed by atoms with E-state index in [0.29, 0.717) is 0 Å². The molecular weight excluding hydrogens is 278 g/mol. The van der Waals surface area contributed by atoms with Crippen molar-refractivity contribution >= 4 is 21.7 Å². The van der Waals surface area contributed by atoms with Gasteiger partial charge in [0.15, 0.2) is 0 Å². The first-order chi connectivity index (χ1) is 7.48. The normalized spacial score (nSPS) is 25.1. The summed E-state index contributed by atoms with van der Waals surface area (Å²) in [5.74, 6) is -1.54. The van der Waals surface area contributed by atoms with Gasteiger partial charge in [-0.25, -0.2) is 13.8 Å². The largest absolute Gasteiger partial charge is 0.355 e. The van der Waals surface area contributed by atoms with Gasteiger partial charge in [-0.1, -0.05) is 0 Å². The molecule has 0 radical (unpaired) electrons. The molecule has 0 N–H and O–H groups in total. The Labute approximate surface area is 101 Å². The zero-order valence-corrected chi connectivity index (χ0v) is 10.2. The minimum absolute atomic E-state index is 0.0486. The van der Waals surface area contributed by atoms with E-state index in [1.54, 1.807) is 6.20 Å². The van der Waals surface area contributed by atoms with E-state index in [9.17, 15) is 8.78 Å². The van der Waals surface area contributed by atoms with Crippen LogP contribution in [0.25, 0.3) is 0 Å². The summed E-state index contributed by atoms with van der Waals surface area (Å²) in [5, 5.41) is 0. The van der Waals surface area contributed by atoms with E-state index in [-0.39, 0.29) is 18.3 Å². The first kappa shape index (κ1) is 10.4. The summed E-state index contributed by atoms with van der Waals surface area (Å²) in [7, 11) is 0. The monoisotopic (exact) mass is 288 g/mol. The molecule has 0 bridgehead atoms. The summed E-state index contributed by atoms with van der Waals surface area (Å²) in [6.45, 7) is 1.44. The molecule has 1 spiro atoms. The lowest BCUT2D eigenvalue weighted by atomic mass is 9.61. The zero-order valence-electron chi connectivity index (χ0n) is 8.59. The van der Waals surface area contributed by atoms with Crippen LogP contribution >= 0.6 is 15.9 Å². The third-order valence-electron chi connectivity index (χ3n) is 3.36. The second kappa shape index (κ2) is 3.15. The highest BCUT2D eigenvalue weighted by atomic mass is 79.9. The van der Waals surface area contributed by atoms with Gasteiger partial charge in [0.2, 0.25) is 5.92 Å². The summed E-state index contributed by atoms with van der Waals surface area (Å²) < 4.78 is 26.5. The number of anilines is 1. The van der Waals surface area contributed by atoms with Crippen molar-refractivity contribution in [2.45, 2.75) is 18.8 Å². The molecule has 0 atom stereocenters. The molecule has 1 aromatic rings. The van der Waals surface area contributed by atoms with Crippen LogP contribution in [-0.2, 0) is 0 Å². The molecule has 3 rings (SSSR count). The van der Waals surface area contributed by atoms with Crippen LogP contribution in [0.15, 0.2) is 22.8 Å². The average molecular weight is 289 g/mol. The maximum Gasteiger partial charge on any atom is 0.249 e. The van der Waals surface area contributed by atoms with Gasteiger partial charge in [-0.2, -0.15) is 0 Å². The Bertz CT molecular complexity index is 402. The van der Waals surface area contributed by atoms with Crippen LogP contribution in [0.1, 0.15) is 12.8 Å². The molecule has 2 fully saturated rings. The van der Waals surface area contributed by atoms with Crippen molar-refractivity contribution in [2.24, 2.45) is 5.41 Å². The van der Waals surface area contributed by atoms with E-state index in [1.807, 2.05) is 12.1 Å². The number of aromatic nitrogens is 1. The van der Waals surface area contributed by atoms with Gasteiger partial charge in [0.1, 0.15) is 5.82 Å². The second-order valence-electron chi connectivity index (χ2n) is 4.90. The molecular formula is C11H11BrF2N2. The van der Waals surface area contributed by atoms with Gasteiger partial charge >= 0.3 is 0 Å². The van der Waals surface area contributed by atoms with E-state index < -0.39 is 5.92 Å². The van der Waals surface area contributed by atoms with Crippen LogP contribution in [0.5, 0.6) is 0 Å². The van der Waals surface area contributed by atoms with Gasteiger partial charge in [0.05, 0.1) is 0 Å². The van der Waals surface area contributed by atoms with E-state index in [4.69, 9.17) is 0 Å². The fourth-order valence-electron chi connectivity index (χ4n) is 2.75. The standard InChI is InChI=1S/C11H11BrF2N2/c12-8-1-2-9(15-3-8)16-6-10(7-16)4-11(13,14)5-10/h1-3H,4-7H2. The number of halogens is 3. The first-order valence-corrected chi connectivity index (χ1v) is 6.02. The highest BCUT2D eigenvalue weighted by molar-refractivity contribution is 9.10. The van der Waals surface area contributed by atoms with Crippen molar-refractivity contribution in [1.82, 2.24) is 4.98 Å². The topological polar surface area (TPSA) is 16.1 Å². The SMILES string of the molecule is FC1(F)CC2(CN(c3ccc(Br)cn3)C2)C1.